The second kappa shape index (κ2) is 5.65. The van der Waals surface area contributed by atoms with Gasteiger partial charge in [-0.3, -0.25) is 9.13 Å². The summed E-state index contributed by atoms with van der Waals surface area (Å²) in [6.45, 7) is 3.78. The zero-order valence-corrected chi connectivity index (χ0v) is 11.9. The molecule has 3 rings (SSSR count). The molecule has 6 heteroatoms. The monoisotopic (exact) mass is 290 g/mol. The maximum Gasteiger partial charge on any atom is 0.328 e. The molecule has 2 aromatic rings. The van der Waals surface area contributed by atoms with Crippen LogP contribution in [-0.2, 0) is 13.1 Å². The minimum atomic E-state index is -0.772. The van der Waals surface area contributed by atoms with Gasteiger partial charge in [-0.2, -0.15) is 0 Å². The first-order valence-electron chi connectivity index (χ1n) is 7.02. The zero-order valence-electron chi connectivity index (χ0n) is 11.9. The van der Waals surface area contributed by atoms with E-state index in [-0.39, 0.29) is 12.2 Å². The summed E-state index contributed by atoms with van der Waals surface area (Å²) in [5, 5.41) is 10.3. The Morgan fingerprint density at radius 2 is 1.90 bits per heavy atom. The Morgan fingerprint density at radius 3 is 2.62 bits per heavy atom. The molecule has 1 aromatic carbocycles. The number of benzene rings is 1. The molecular weight excluding hydrogens is 272 g/mol. The Morgan fingerprint density at radius 1 is 1.19 bits per heavy atom. The van der Waals surface area contributed by atoms with Crippen LogP contribution < -0.4 is 15.2 Å². The SMILES string of the molecule is CCn1ccn(CC(O)c2ccc3c(c2)OCCO3)c1=O. The molecule has 2 heterocycles. The van der Waals surface area contributed by atoms with Crippen LogP contribution in [0, 0.1) is 0 Å². The third-order valence-electron chi connectivity index (χ3n) is 3.58. The first-order chi connectivity index (χ1) is 10.2. The maximum absolute atomic E-state index is 12.0. The van der Waals surface area contributed by atoms with Crippen molar-refractivity contribution in [3.63, 3.8) is 0 Å². The number of aromatic nitrogens is 2. The van der Waals surface area contributed by atoms with Crippen LogP contribution in [0.25, 0.3) is 0 Å². The van der Waals surface area contributed by atoms with Gasteiger partial charge in [0.15, 0.2) is 11.5 Å². The Balaban J connectivity index is 1.80. The van der Waals surface area contributed by atoms with E-state index in [9.17, 15) is 9.90 Å². The van der Waals surface area contributed by atoms with Gasteiger partial charge < -0.3 is 14.6 Å². The lowest BCUT2D eigenvalue weighted by molar-refractivity contribution is 0.150. The predicted octanol–water partition coefficient (Wildman–Crippen LogP) is 1.17. The molecule has 1 N–H and O–H groups in total. The van der Waals surface area contributed by atoms with Crippen molar-refractivity contribution in [2.45, 2.75) is 26.1 Å². The summed E-state index contributed by atoms with van der Waals surface area (Å²) in [5.41, 5.74) is 0.587. The van der Waals surface area contributed by atoms with Gasteiger partial charge in [-0.05, 0) is 24.6 Å². The molecule has 0 radical (unpaired) electrons. The largest absolute Gasteiger partial charge is 0.486 e. The highest BCUT2D eigenvalue weighted by molar-refractivity contribution is 5.44. The van der Waals surface area contributed by atoms with Gasteiger partial charge in [0.1, 0.15) is 13.2 Å². The van der Waals surface area contributed by atoms with Crippen LogP contribution in [0.15, 0.2) is 35.4 Å². The molecular formula is C15H18N2O4. The summed E-state index contributed by atoms with van der Waals surface area (Å²) in [5.74, 6) is 1.32. The van der Waals surface area contributed by atoms with Crippen molar-refractivity contribution >= 4 is 0 Å². The number of aliphatic hydroxyl groups is 1. The van der Waals surface area contributed by atoms with Crippen molar-refractivity contribution in [3.05, 3.63) is 46.6 Å². The highest BCUT2D eigenvalue weighted by atomic mass is 16.6. The van der Waals surface area contributed by atoms with E-state index < -0.39 is 6.10 Å². The van der Waals surface area contributed by atoms with Crippen LogP contribution >= 0.6 is 0 Å². The van der Waals surface area contributed by atoms with Gasteiger partial charge in [-0.1, -0.05) is 6.07 Å². The molecule has 0 saturated carbocycles. The summed E-state index contributed by atoms with van der Waals surface area (Å²) < 4.78 is 14.0. The van der Waals surface area contributed by atoms with Crippen molar-refractivity contribution in [3.8, 4) is 11.5 Å². The topological polar surface area (TPSA) is 65.6 Å². The minimum Gasteiger partial charge on any atom is -0.486 e. The average Bonchev–Trinajstić information content (AvgIpc) is 2.87. The van der Waals surface area contributed by atoms with Crippen LogP contribution in [0.5, 0.6) is 11.5 Å². The number of hydrogen-bond donors (Lipinski definition) is 1. The van der Waals surface area contributed by atoms with E-state index in [1.54, 1.807) is 35.2 Å². The van der Waals surface area contributed by atoms with E-state index in [4.69, 9.17) is 9.47 Å². The molecule has 21 heavy (non-hydrogen) atoms. The molecule has 1 aliphatic rings. The molecule has 1 unspecified atom stereocenters. The molecule has 0 bridgehead atoms. The van der Waals surface area contributed by atoms with Crippen LogP contribution in [0.2, 0.25) is 0 Å². The Labute approximate surface area is 122 Å². The first kappa shape index (κ1) is 13.8. The third kappa shape index (κ3) is 2.67. The van der Waals surface area contributed by atoms with Gasteiger partial charge in [0.2, 0.25) is 0 Å². The quantitative estimate of drug-likeness (QED) is 0.918. The minimum absolute atomic E-state index is 0.117. The highest BCUT2D eigenvalue weighted by Gasteiger charge is 2.16. The fourth-order valence-electron chi connectivity index (χ4n) is 2.39. The number of fused-ring (bicyclic) bond motifs is 1. The van der Waals surface area contributed by atoms with E-state index >= 15 is 0 Å². The molecule has 6 nitrogen and oxygen atoms in total. The summed E-state index contributed by atoms with van der Waals surface area (Å²) in [4.78, 5) is 12.0. The Bertz CT molecular complexity index is 689. The lowest BCUT2D eigenvalue weighted by Crippen LogP contribution is -2.25. The predicted molar refractivity (Wildman–Crippen MR) is 76.8 cm³/mol. The summed E-state index contributed by atoms with van der Waals surface area (Å²) in [7, 11) is 0. The molecule has 1 atom stereocenters. The van der Waals surface area contributed by atoms with Crippen molar-refractivity contribution in [1.82, 2.24) is 9.13 Å². The molecule has 0 fully saturated rings. The number of hydrogen-bond acceptors (Lipinski definition) is 4. The van der Waals surface area contributed by atoms with Gasteiger partial charge in [0.25, 0.3) is 0 Å². The Kier molecular flexibility index (Phi) is 3.70. The van der Waals surface area contributed by atoms with E-state index in [1.807, 2.05) is 6.92 Å². The number of nitrogens with zero attached hydrogens (tertiary/aromatic N) is 2. The molecule has 1 aliphatic heterocycles. The lowest BCUT2D eigenvalue weighted by atomic mass is 10.1. The standard InChI is InChI=1S/C15H18N2O4/c1-2-16-5-6-17(15(16)19)10-12(18)11-3-4-13-14(9-11)21-8-7-20-13/h3-6,9,12,18H,2,7-8,10H2,1H3. The van der Waals surface area contributed by atoms with E-state index in [2.05, 4.69) is 0 Å². The van der Waals surface area contributed by atoms with Gasteiger partial charge >= 0.3 is 5.69 Å². The van der Waals surface area contributed by atoms with Crippen LogP contribution in [0.3, 0.4) is 0 Å². The summed E-state index contributed by atoms with van der Waals surface area (Å²) >= 11 is 0. The third-order valence-corrected chi connectivity index (χ3v) is 3.58. The number of ether oxygens (including phenoxy) is 2. The van der Waals surface area contributed by atoms with Gasteiger partial charge in [-0.15, -0.1) is 0 Å². The van der Waals surface area contributed by atoms with Crippen molar-refractivity contribution in [2.75, 3.05) is 13.2 Å². The lowest BCUT2D eigenvalue weighted by Gasteiger charge is -2.20. The molecule has 0 saturated heterocycles. The normalized spacial score (nSPS) is 15.0. The van der Waals surface area contributed by atoms with E-state index in [0.29, 0.717) is 36.8 Å². The molecule has 112 valence electrons. The molecule has 0 aliphatic carbocycles. The second-order valence-corrected chi connectivity index (χ2v) is 4.94. The van der Waals surface area contributed by atoms with Crippen molar-refractivity contribution < 1.29 is 14.6 Å². The fraction of sp³-hybridized carbons (Fsp3) is 0.400. The number of imidazole rings is 1. The van der Waals surface area contributed by atoms with Gasteiger partial charge in [-0.25, -0.2) is 4.79 Å². The van der Waals surface area contributed by atoms with Crippen molar-refractivity contribution in [1.29, 1.82) is 0 Å². The fourth-order valence-corrected chi connectivity index (χ4v) is 2.39. The molecule has 0 spiro atoms. The Hall–Kier alpha value is -2.21. The van der Waals surface area contributed by atoms with E-state index in [0.717, 1.165) is 0 Å². The second-order valence-electron chi connectivity index (χ2n) is 4.94. The van der Waals surface area contributed by atoms with E-state index in [1.165, 1.54) is 4.57 Å². The van der Waals surface area contributed by atoms with Crippen molar-refractivity contribution in [2.24, 2.45) is 0 Å². The highest BCUT2D eigenvalue weighted by Crippen LogP contribution is 2.32. The van der Waals surface area contributed by atoms with Gasteiger partial charge in [0.05, 0.1) is 12.6 Å². The van der Waals surface area contributed by atoms with Crippen LogP contribution in [0.1, 0.15) is 18.6 Å². The maximum atomic E-state index is 12.0. The van der Waals surface area contributed by atoms with Gasteiger partial charge in [0, 0.05) is 18.9 Å². The van der Waals surface area contributed by atoms with Crippen LogP contribution in [0.4, 0.5) is 0 Å². The first-order valence-corrected chi connectivity index (χ1v) is 7.02. The number of aliphatic hydroxyl groups excluding tert-OH is 1. The number of aryl methyl sites for hydroxylation is 1. The smallest absolute Gasteiger partial charge is 0.328 e. The molecule has 0 amide bonds. The molecule has 1 aromatic heterocycles. The summed E-state index contributed by atoms with van der Waals surface area (Å²) in [6, 6.07) is 5.34. The van der Waals surface area contributed by atoms with Crippen LogP contribution in [-0.4, -0.2) is 27.5 Å². The average molecular weight is 290 g/mol. The zero-order chi connectivity index (χ0) is 14.8. The summed E-state index contributed by atoms with van der Waals surface area (Å²) in [6.07, 6.45) is 2.64. The number of rotatable bonds is 4.